The first-order valence-corrected chi connectivity index (χ1v) is 5.05. The van der Waals surface area contributed by atoms with E-state index in [0.29, 0.717) is 12.2 Å². The van der Waals surface area contributed by atoms with Crippen molar-refractivity contribution in [1.29, 1.82) is 0 Å². The molecule has 0 radical (unpaired) electrons. The molecule has 84 valence electrons. The Balaban J connectivity index is 2.12. The van der Waals surface area contributed by atoms with Gasteiger partial charge in [0.1, 0.15) is 17.9 Å². The molecule has 1 aromatic rings. The molecule has 1 amide bonds. The number of carbonyl (C=O) groups is 1. The number of carbonyl (C=O) groups excluding carboxylic acids is 1. The van der Waals surface area contributed by atoms with Crippen LogP contribution in [0.15, 0.2) is 42.4 Å². The summed E-state index contributed by atoms with van der Waals surface area (Å²) < 4.78 is 10.1. The average Bonchev–Trinajstić information content (AvgIpc) is 2.80. The maximum atomic E-state index is 11.3. The largest absolute Gasteiger partial charge is 0.462 e. The SMILES string of the molecule is NC(=O)C(Cc1ccccc1)C1=COCO1. The van der Waals surface area contributed by atoms with Crippen LogP contribution in [-0.2, 0) is 20.7 Å². The molecule has 1 heterocycles. The third-order valence-corrected chi connectivity index (χ3v) is 2.46. The zero-order chi connectivity index (χ0) is 11.4. The van der Waals surface area contributed by atoms with Gasteiger partial charge in [0.25, 0.3) is 0 Å². The lowest BCUT2D eigenvalue weighted by Gasteiger charge is -2.12. The predicted octanol–water partition coefficient (Wildman–Crippen LogP) is 1.18. The Morgan fingerprint density at radius 3 is 2.69 bits per heavy atom. The van der Waals surface area contributed by atoms with Crippen molar-refractivity contribution in [3.05, 3.63) is 47.9 Å². The third kappa shape index (κ3) is 2.34. The Kier molecular flexibility index (Phi) is 3.10. The molecule has 1 aliphatic rings. The zero-order valence-corrected chi connectivity index (χ0v) is 8.76. The van der Waals surface area contributed by atoms with Gasteiger partial charge in [-0.3, -0.25) is 4.79 Å². The first-order valence-electron chi connectivity index (χ1n) is 5.05. The van der Waals surface area contributed by atoms with Crippen LogP contribution >= 0.6 is 0 Å². The number of hydrogen-bond donors (Lipinski definition) is 1. The lowest BCUT2D eigenvalue weighted by Crippen LogP contribution is -2.27. The molecule has 0 spiro atoms. The molecule has 1 aromatic carbocycles. The highest BCUT2D eigenvalue weighted by molar-refractivity contribution is 5.79. The molecular formula is C12H13NO3. The van der Waals surface area contributed by atoms with Crippen molar-refractivity contribution in [2.24, 2.45) is 11.7 Å². The summed E-state index contributed by atoms with van der Waals surface area (Å²) in [6.07, 6.45) is 1.99. The van der Waals surface area contributed by atoms with Gasteiger partial charge in [-0.05, 0) is 12.0 Å². The molecule has 0 fully saturated rings. The van der Waals surface area contributed by atoms with Gasteiger partial charge in [0.15, 0.2) is 0 Å². The van der Waals surface area contributed by atoms with Gasteiger partial charge >= 0.3 is 0 Å². The van der Waals surface area contributed by atoms with Crippen LogP contribution in [0.3, 0.4) is 0 Å². The van der Waals surface area contributed by atoms with Crippen molar-refractivity contribution in [2.75, 3.05) is 6.79 Å². The minimum absolute atomic E-state index is 0.161. The molecule has 0 bridgehead atoms. The van der Waals surface area contributed by atoms with Gasteiger partial charge < -0.3 is 15.2 Å². The number of amides is 1. The minimum atomic E-state index is -0.454. The highest BCUT2D eigenvalue weighted by atomic mass is 16.7. The first-order chi connectivity index (χ1) is 7.77. The summed E-state index contributed by atoms with van der Waals surface area (Å²) in [5, 5.41) is 0. The third-order valence-electron chi connectivity index (χ3n) is 2.46. The van der Waals surface area contributed by atoms with Crippen molar-refractivity contribution in [3.8, 4) is 0 Å². The Bertz CT molecular complexity index is 400. The Morgan fingerprint density at radius 2 is 2.12 bits per heavy atom. The minimum Gasteiger partial charge on any atom is -0.462 e. The molecule has 0 aromatic heterocycles. The zero-order valence-electron chi connectivity index (χ0n) is 8.76. The standard InChI is InChI=1S/C12H13NO3/c13-12(14)10(11-7-15-8-16-11)6-9-4-2-1-3-5-9/h1-5,7,10H,6,8H2,(H2,13,14). The van der Waals surface area contributed by atoms with Gasteiger partial charge in [0.05, 0.1) is 0 Å². The number of ether oxygens (including phenoxy) is 2. The van der Waals surface area contributed by atoms with Gasteiger partial charge in [-0.15, -0.1) is 0 Å². The predicted molar refractivity (Wildman–Crippen MR) is 58.0 cm³/mol. The molecule has 0 saturated heterocycles. The van der Waals surface area contributed by atoms with E-state index < -0.39 is 11.8 Å². The second-order valence-electron chi connectivity index (χ2n) is 3.59. The lowest BCUT2D eigenvalue weighted by molar-refractivity contribution is -0.121. The fourth-order valence-corrected chi connectivity index (χ4v) is 1.63. The Labute approximate surface area is 93.7 Å². The number of primary amides is 1. The Morgan fingerprint density at radius 1 is 1.38 bits per heavy atom. The van der Waals surface area contributed by atoms with Gasteiger partial charge in [0, 0.05) is 0 Å². The van der Waals surface area contributed by atoms with E-state index in [-0.39, 0.29) is 6.79 Å². The van der Waals surface area contributed by atoms with Crippen LogP contribution in [0, 0.1) is 5.92 Å². The van der Waals surface area contributed by atoms with Crippen LogP contribution in [-0.4, -0.2) is 12.7 Å². The smallest absolute Gasteiger partial charge is 0.229 e. The van der Waals surface area contributed by atoms with E-state index in [1.165, 1.54) is 6.26 Å². The topological polar surface area (TPSA) is 61.6 Å². The maximum Gasteiger partial charge on any atom is 0.229 e. The highest BCUT2D eigenvalue weighted by Crippen LogP contribution is 2.21. The summed E-state index contributed by atoms with van der Waals surface area (Å²) in [6.45, 7) is 0.161. The summed E-state index contributed by atoms with van der Waals surface area (Å²) in [4.78, 5) is 11.3. The van der Waals surface area contributed by atoms with E-state index in [2.05, 4.69) is 0 Å². The summed E-state index contributed by atoms with van der Waals surface area (Å²) in [5.41, 5.74) is 6.39. The molecule has 1 unspecified atom stereocenters. The van der Waals surface area contributed by atoms with Crippen LogP contribution in [0.25, 0.3) is 0 Å². The van der Waals surface area contributed by atoms with Gasteiger partial charge in [-0.25, -0.2) is 0 Å². The van der Waals surface area contributed by atoms with Crippen LogP contribution in [0.4, 0.5) is 0 Å². The number of benzene rings is 1. The molecule has 0 saturated carbocycles. The summed E-state index contributed by atoms with van der Waals surface area (Å²) in [7, 11) is 0. The summed E-state index contributed by atoms with van der Waals surface area (Å²) >= 11 is 0. The van der Waals surface area contributed by atoms with Crippen molar-refractivity contribution in [3.63, 3.8) is 0 Å². The normalized spacial score (nSPS) is 15.9. The van der Waals surface area contributed by atoms with Crippen molar-refractivity contribution < 1.29 is 14.3 Å². The van der Waals surface area contributed by atoms with Crippen LogP contribution in [0.5, 0.6) is 0 Å². The first kappa shape index (κ1) is 10.5. The molecule has 2 N–H and O–H groups in total. The number of hydrogen-bond acceptors (Lipinski definition) is 3. The number of nitrogens with two attached hydrogens (primary N) is 1. The molecule has 4 heteroatoms. The van der Waals surface area contributed by atoms with Crippen LogP contribution < -0.4 is 5.73 Å². The average molecular weight is 219 g/mol. The van der Waals surface area contributed by atoms with Gasteiger partial charge in [-0.1, -0.05) is 30.3 Å². The van der Waals surface area contributed by atoms with E-state index in [0.717, 1.165) is 5.56 Å². The molecule has 2 rings (SSSR count). The summed E-state index contributed by atoms with van der Waals surface area (Å²) in [6, 6.07) is 9.68. The van der Waals surface area contributed by atoms with Crippen LogP contribution in [0.2, 0.25) is 0 Å². The van der Waals surface area contributed by atoms with E-state index in [4.69, 9.17) is 15.2 Å². The van der Waals surface area contributed by atoms with Crippen molar-refractivity contribution in [2.45, 2.75) is 6.42 Å². The van der Waals surface area contributed by atoms with E-state index in [1.807, 2.05) is 30.3 Å². The van der Waals surface area contributed by atoms with E-state index in [9.17, 15) is 4.79 Å². The molecule has 0 aliphatic carbocycles. The summed E-state index contributed by atoms with van der Waals surface area (Å²) in [5.74, 6) is -0.346. The molecule has 16 heavy (non-hydrogen) atoms. The van der Waals surface area contributed by atoms with Crippen molar-refractivity contribution >= 4 is 5.91 Å². The quantitative estimate of drug-likeness (QED) is 0.827. The van der Waals surface area contributed by atoms with Crippen LogP contribution in [0.1, 0.15) is 5.56 Å². The van der Waals surface area contributed by atoms with E-state index >= 15 is 0 Å². The van der Waals surface area contributed by atoms with Gasteiger partial charge in [0.2, 0.25) is 12.7 Å². The number of rotatable bonds is 4. The Hall–Kier alpha value is -1.97. The second-order valence-corrected chi connectivity index (χ2v) is 3.59. The molecule has 1 atom stereocenters. The maximum absolute atomic E-state index is 11.3. The van der Waals surface area contributed by atoms with E-state index in [1.54, 1.807) is 0 Å². The molecule has 1 aliphatic heterocycles. The molecular weight excluding hydrogens is 206 g/mol. The lowest BCUT2D eigenvalue weighted by atomic mass is 9.97. The fraction of sp³-hybridized carbons (Fsp3) is 0.250. The van der Waals surface area contributed by atoms with Crippen molar-refractivity contribution in [1.82, 2.24) is 0 Å². The fourth-order valence-electron chi connectivity index (χ4n) is 1.63. The highest BCUT2D eigenvalue weighted by Gasteiger charge is 2.25. The second kappa shape index (κ2) is 4.70. The molecule has 4 nitrogen and oxygen atoms in total. The van der Waals surface area contributed by atoms with Gasteiger partial charge in [-0.2, -0.15) is 0 Å². The monoisotopic (exact) mass is 219 g/mol.